The number of carbonyl (C=O) groups is 1. The van der Waals surface area contributed by atoms with Crippen LogP contribution >= 0.6 is 11.8 Å². The highest BCUT2D eigenvalue weighted by Crippen LogP contribution is 2.34. The topological polar surface area (TPSA) is 81.5 Å². The number of benzene rings is 3. The van der Waals surface area contributed by atoms with Gasteiger partial charge in [-0.1, -0.05) is 48.5 Å². The molecule has 1 aliphatic heterocycles. The lowest BCUT2D eigenvalue weighted by molar-refractivity contribution is -0.122. The predicted molar refractivity (Wildman–Crippen MR) is 140 cm³/mol. The molecule has 0 unspecified atom stereocenters. The average Bonchev–Trinajstić information content (AvgIpc) is 3.43. The highest BCUT2D eigenvalue weighted by atomic mass is 32.2. The molecule has 1 saturated heterocycles. The number of H-pyrrole nitrogens is 1. The summed E-state index contributed by atoms with van der Waals surface area (Å²) in [6, 6.07) is 27.1. The van der Waals surface area contributed by atoms with Gasteiger partial charge in [0.2, 0.25) is 0 Å². The van der Waals surface area contributed by atoms with Crippen molar-refractivity contribution in [2.24, 2.45) is 4.99 Å². The molecule has 1 aliphatic rings. The molecule has 0 bridgehead atoms. The molecule has 0 spiro atoms. The zero-order chi connectivity index (χ0) is 24.0. The molecule has 0 saturated carbocycles. The molecule has 5 rings (SSSR count). The van der Waals surface area contributed by atoms with Crippen LogP contribution in [0.4, 0.5) is 5.69 Å². The number of nitrogens with zero attached hydrogens (tertiary/aromatic N) is 3. The summed E-state index contributed by atoms with van der Waals surface area (Å²) in [7, 11) is 0. The number of amides is 1. The Morgan fingerprint density at radius 2 is 1.80 bits per heavy atom. The number of rotatable bonds is 7. The lowest BCUT2D eigenvalue weighted by Gasteiger charge is -2.15. The van der Waals surface area contributed by atoms with Crippen LogP contribution in [0.2, 0.25) is 0 Å². The molecule has 1 fully saturated rings. The minimum Gasteiger partial charge on any atom is -0.479 e. The summed E-state index contributed by atoms with van der Waals surface area (Å²) >= 11 is 1.38. The summed E-state index contributed by atoms with van der Waals surface area (Å²) in [5, 5.41) is 10.5. The van der Waals surface area contributed by atoms with Gasteiger partial charge in [-0.2, -0.15) is 5.26 Å². The number of hydrogen-bond acceptors (Lipinski definition) is 5. The molecule has 0 atom stereocenters. The molecular weight excluding hydrogens is 456 g/mol. The lowest BCUT2D eigenvalue weighted by atomic mass is 10.1. The summed E-state index contributed by atoms with van der Waals surface area (Å²) in [4.78, 5) is 23.9. The number of aromatic nitrogens is 1. The van der Waals surface area contributed by atoms with E-state index in [9.17, 15) is 4.79 Å². The monoisotopic (exact) mass is 478 g/mol. The van der Waals surface area contributed by atoms with Crippen molar-refractivity contribution in [3.63, 3.8) is 0 Å². The van der Waals surface area contributed by atoms with Crippen molar-refractivity contribution in [1.29, 1.82) is 5.26 Å². The summed E-state index contributed by atoms with van der Waals surface area (Å²) in [6.45, 7) is 0.525. The fourth-order valence-corrected chi connectivity index (χ4v) is 4.92. The number of fused-ring (bicyclic) bond motifs is 1. The number of thioether (sulfide) groups is 1. The van der Waals surface area contributed by atoms with Crippen LogP contribution in [0.3, 0.4) is 0 Å². The minimum atomic E-state index is -0.0608. The molecule has 1 N–H and O–H groups in total. The van der Waals surface area contributed by atoms with Crippen LogP contribution in [-0.2, 0) is 11.2 Å². The van der Waals surface area contributed by atoms with Gasteiger partial charge in [-0.3, -0.25) is 9.69 Å². The Bertz CT molecular complexity index is 1450. The molecule has 2 heterocycles. The first-order valence-electron chi connectivity index (χ1n) is 11.2. The maximum Gasteiger partial charge on any atom is 0.266 e. The van der Waals surface area contributed by atoms with Crippen molar-refractivity contribution < 1.29 is 9.53 Å². The van der Waals surface area contributed by atoms with Gasteiger partial charge in [-0.05, 0) is 65.7 Å². The Kier molecular flexibility index (Phi) is 6.64. The maximum atomic E-state index is 13.4. The van der Waals surface area contributed by atoms with Crippen molar-refractivity contribution >= 4 is 45.5 Å². The second kappa shape index (κ2) is 10.3. The van der Waals surface area contributed by atoms with Crippen molar-refractivity contribution in [2.45, 2.75) is 6.42 Å². The predicted octanol–water partition coefficient (Wildman–Crippen LogP) is 5.92. The Morgan fingerprint density at radius 3 is 2.60 bits per heavy atom. The van der Waals surface area contributed by atoms with E-state index in [0.717, 1.165) is 16.8 Å². The summed E-state index contributed by atoms with van der Waals surface area (Å²) in [6.07, 6.45) is 4.59. The molecule has 0 radical (unpaired) electrons. The standard InChI is InChI=1S/C28H22N4O2S/c29-15-17-34-23-12-10-20(11-13-23)18-26-27(33)32(28(35-26)31-22-6-2-1-3-7-22)16-14-21-19-30-25-9-5-4-8-24(21)25/h1-13,18-19,30H,14,16-17H2. The van der Waals surface area contributed by atoms with Crippen LogP contribution in [0, 0.1) is 11.3 Å². The second-order valence-electron chi connectivity index (χ2n) is 7.92. The van der Waals surface area contributed by atoms with E-state index in [4.69, 9.17) is 15.0 Å². The Labute approximate surface area is 207 Å². The fourth-order valence-electron chi connectivity index (χ4n) is 3.90. The number of carbonyl (C=O) groups excluding carboxylic acids is 1. The first-order valence-corrected chi connectivity index (χ1v) is 12.0. The number of nitrogens with one attached hydrogen (secondary N) is 1. The number of nitriles is 1. The van der Waals surface area contributed by atoms with Crippen LogP contribution in [0.1, 0.15) is 11.1 Å². The Balaban J connectivity index is 1.40. The highest BCUT2D eigenvalue weighted by Gasteiger charge is 2.33. The van der Waals surface area contributed by atoms with E-state index < -0.39 is 0 Å². The zero-order valence-corrected chi connectivity index (χ0v) is 19.7. The summed E-state index contributed by atoms with van der Waals surface area (Å²) in [5.41, 5.74) is 3.94. The SMILES string of the molecule is N#CCOc1ccc(C=C2SC(=Nc3ccccc3)N(CCc3c[nH]c4ccccc34)C2=O)cc1. The molecule has 172 valence electrons. The zero-order valence-electron chi connectivity index (χ0n) is 18.8. The van der Waals surface area contributed by atoms with Crippen molar-refractivity contribution in [3.8, 4) is 11.8 Å². The van der Waals surface area contributed by atoms with Crippen molar-refractivity contribution in [3.05, 3.63) is 101 Å². The van der Waals surface area contributed by atoms with E-state index in [1.165, 1.54) is 22.7 Å². The highest BCUT2D eigenvalue weighted by molar-refractivity contribution is 8.18. The van der Waals surface area contributed by atoms with Crippen LogP contribution < -0.4 is 4.74 Å². The summed E-state index contributed by atoms with van der Waals surface area (Å²) < 4.78 is 5.32. The number of hydrogen-bond donors (Lipinski definition) is 1. The third-order valence-electron chi connectivity index (χ3n) is 5.63. The molecule has 7 heteroatoms. The van der Waals surface area contributed by atoms with Gasteiger partial charge in [-0.25, -0.2) is 4.99 Å². The largest absolute Gasteiger partial charge is 0.479 e. The Hall–Kier alpha value is -4.28. The third-order valence-corrected chi connectivity index (χ3v) is 6.64. The van der Waals surface area contributed by atoms with Gasteiger partial charge < -0.3 is 9.72 Å². The molecule has 1 amide bonds. The molecular formula is C28H22N4O2S. The van der Waals surface area contributed by atoms with E-state index in [-0.39, 0.29) is 12.5 Å². The number of para-hydroxylation sites is 2. The quantitative estimate of drug-likeness (QED) is 0.335. The smallest absolute Gasteiger partial charge is 0.266 e. The van der Waals surface area contributed by atoms with Gasteiger partial charge in [0.05, 0.1) is 10.6 Å². The summed E-state index contributed by atoms with van der Waals surface area (Å²) in [5.74, 6) is 0.556. The number of ether oxygens (including phenoxy) is 1. The molecule has 4 aromatic rings. The number of aliphatic imine (C=N–C) groups is 1. The molecule has 0 aliphatic carbocycles. The van der Waals surface area contributed by atoms with Crippen molar-refractivity contribution in [1.82, 2.24) is 9.88 Å². The second-order valence-corrected chi connectivity index (χ2v) is 8.93. The maximum absolute atomic E-state index is 13.4. The van der Waals surface area contributed by atoms with Gasteiger partial charge in [-0.15, -0.1) is 0 Å². The van der Waals surface area contributed by atoms with E-state index in [0.29, 0.717) is 28.8 Å². The Morgan fingerprint density at radius 1 is 1.03 bits per heavy atom. The lowest BCUT2D eigenvalue weighted by Crippen LogP contribution is -2.31. The van der Waals surface area contributed by atoms with E-state index >= 15 is 0 Å². The number of amidine groups is 1. The number of aromatic amines is 1. The first kappa shape index (κ1) is 22.5. The molecule has 35 heavy (non-hydrogen) atoms. The van der Waals surface area contributed by atoms with Gasteiger partial charge in [0.25, 0.3) is 5.91 Å². The third kappa shape index (κ3) is 5.13. The van der Waals surface area contributed by atoms with E-state index in [1.54, 1.807) is 17.0 Å². The van der Waals surface area contributed by atoms with Crippen LogP contribution in [-0.4, -0.2) is 34.1 Å². The van der Waals surface area contributed by atoms with Crippen LogP contribution in [0.15, 0.2) is 95.0 Å². The van der Waals surface area contributed by atoms with Crippen LogP contribution in [0.5, 0.6) is 5.75 Å². The van der Waals surface area contributed by atoms with Gasteiger partial charge in [0, 0.05) is 23.6 Å². The fraction of sp³-hybridized carbons (Fsp3) is 0.107. The van der Waals surface area contributed by atoms with E-state index in [1.807, 2.05) is 72.9 Å². The van der Waals surface area contributed by atoms with Gasteiger partial charge >= 0.3 is 0 Å². The average molecular weight is 479 g/mol. The van der Waals surface area contributed by atoms with Crippen molar-refractivity contribution in [2.75, 3.05) is 13.2 Å². The first-order chi connectivity index (χ1) is 17.2. The van der Waals surface area contributed by atoms with Gasteiger partial charge in [0.15, 0.2) is 11.8 Å². The van der Waals surface area contributed by atoms with Gasteiger partial charge in [0.1, 0.15) is 11.8 Å². The molecule has 6 nitrogen and oxygen atoms in total. The van der Waals surface area contributed by atoms with Crippen LogP contribution in [0.25, 0.3) is 17.0 Å². The normalized spacial score (nSPS) is 15.7. The minimum absolute atomic E-state index is 0.000523. The molecule has 1 aromatic heterocycles. The molecule has 3 aromatic carbocycles. The van der Waals surface area contributed by atoms with E-state index in [2.05, 4.69) is 17.1 Å².